The fourth-order valence-electron chi connectivity index (χ4n) is 2.03. The highest BCUT2D eigenvalue weighted by atomic mass is 15.0. The molecule has 0 aliphatic heterocycles. The van der Waals surface area contributed by atoms with Crippen molar-refractivity contribution in [3.63, 3.8) is 0 Å². The van der Waals surface area contributed by atoms with Crippen molar-refractivity contribution in [2.24, 2.45) is 0 Å². The average molecular weight is 229 g/mol. The van der Waals surface area contributed by atoms with Crippen molar-refractivity contribution >= 4 is 0 Å². The van der Waals surface area contributed by atoms with Crippen LogP contribution in [0.15, 0.2) is 42.7 Å². The lowest BCUT2D eigenvalue weighted by molar-refractivity contribution is 0.444. The molecule has 2 unspecified atom stereocenters. The molecule has 17 heavy (non-hydrogen) atoms. The average Bonchev–Trinajstić information content (AvgIpc) is 2.90. The lowest BCUT2D eigenvalue weighted by Gasteiger charge is -2.21. The van der Waals surface area contributed by atoms with Gasteiger partial charge in [-0.2, -0.15) is 0 Å². The molecule has 90 valence electrons. The van der Waals surface area contributed by atoms with Crippen LogP contribution in [0.2, 0.25) is 0 Å². The van der Waals surface area contributed by atoms with E-state index in [1.807, 2.05) is 12.3 Å². The predicted molar refractivity (Wildman–Crippen MR) is 69.6 cm³/mol. The third-order valence-corrected chi connectivity index (χ3v) is 2.99. The van der Waals surface area contributed by atoms with Crippen LogP contribution >= 0.6 is 0 Å². The number of benzene rings is 1. The van der Waals surface area contributed by atoms with Crippen LogP contribution in [0.4, 0.5) is 0 Å². The van der Waals surface area contributed by atoms with Gasteiger partial charge < -0.3 is 10.3 Å². The Morgan fingerprint density at radius 1 is 1.29 bits per heavy atom. The van der Waals surface area contributed by atoms with E-state index in [9.17, 15) is 0 Å². The minimum Gasteiger partial charge on any atom is -0.347 e. The molecule has 3 nitrogen and oxygen atoms in total. The summed E-state index contributed by atoms with van der Waals surface area (Å²) in [5, 5.41) is 3.59. The molecule has 0 saturated carbocycles. The van der Waals surface area contributed by atoms with Crippen molar-refractivity contribution in [2.75, 3.05) is 0 Å². The van der Waals surface area contributed by atoms with Gasteiger partial charge in [0.15, 0.2) is 0 Å². The van der Waals surface area contributed by atoms with E-state index in [0.717, 1.165) is 12.2 Å². The van der Waals surface area contributed by atoms with Crippen molar-refractivity contribution in [3.8, 4) is 0 Å². The number of nitrogens with zero attached hydrogens (tertiary/aromatic N) is 1. The Hall–Kier alpha value is -1.61. The summed E-state index contributed by atoms with van der Waals surface area (Å²) >= 11 is 0. The van der Waals surface area contributed by atoms with Crippen molar-refractivity contribution in [1.82, 2.24) is 15.3 Å². The summed E-state index contributed by atoms with van der Waals surface area (Å²) in [6.45, 7) is 4.32. The Kier molecular flexibility index (Phi) is 3.94. The van der Waals surface area contributed by atoms with Crippen LogP contribution in [0.3, 0.4) is 0 Å². The number of hydrogen-bond donors (Lipinski definition) is 2. The molecule has 2 atom stereocenters. The Morgan fingerprint density at radius 2 is 2.06 bits per heavy atom. The topological polar surface area (TPSA) is 40.7 Å². The molecule has 1 heterocycles. The van der Waals surface area contributed by atoms with Crippen molar-refractivity contribution in [3.05, 3.63) is 54.1 Å². The molecule has 0 spiro atoms. The lowest BCUT2D eigenvalue weighted by atomic mass is 10.0. The smallest absolute Gasteiger partial charge is 0.122 e. The van der Waals surface area contributed by atoms with E-state index in [2.05, 4.69) is 53.4 Å². The second kappa shape index (κ2) is 5.64. The number of imidazole rings is 1. The van der Waals surface area contributed by atoms with Gasteiger partial charge in [-0.15, -0.1) is 0 Å². The zero-order valence-electron chi connectivity index (χ0n) is 10.4. The molecular weight excluding hydrogens is 210 g/mol. The quantitative estimate of drug-likeness (QED) is 0.826. The van der Waals surface area contributed by atoms with E-state index in [1.54, 1.807) is 6.20 Å². The lowest BCUT2D eigenvalue weighted by Crippen LogP contribution is -2.24. The Morgan fingerprint density at radius 3 is 2.65 bits per heavy atom. The molecule has 0 radical (unpaired) electrons. The van der Waals surface area contributed by atoms with Gasteiger partial charge >= 0.3 is 0 Å². The molecule has 0 aliphatic carbocycles. The van der Waals surface area contributed by atoms with Crippen LogP contribution in [0.1, 0.15) is 43.7 Å². The first-order valence-corrected chi connectivity index (χ1v) is 6.11. The fourth-order valence-corrected chi connectivity index (χ4v) is 2.03. The fraction of sp³-hybridized carbons (Fsp3) is 0.357. The molecule has 2 aromatic rings. The van der Waals surface area contributed by atoms with E-state index >= 15 is 0 Å². The molecule has 1 aromatic heterocycles. The van der Waals surface area contributed by atoms with Gasteiger partial charge in [-0.05, 0) is 18.9 Å². The highest BCUT2D eigenvalue weighted by Crippen LogP contribution is 2.20. The number of hydrogen-bond acceptors (Lipinski definition) is 2. The maximum absolute atomic E-state index is 4.28. The maximum Gasteiger partial charge on any atom is 0.122 e. The first-order chi connectivity index (χ1) is 8.31. The van der Waals surface area contributed by atoms with Gasteiger partial charge in [-0.25, -0.2) is 4.98 Å². The molecule has 0 saturated heterocycles. The first-order valence-electron chi connectivity index (χ1n) is 6.11. The largest absolute Gasteiger partial charge is 0.347 e. The second-order valence-electron chi connectivity index (χ2n) is 4.23. The van der Waals surface area contributed by atoms with Crippen molar-refractivity contribution in [1.29, 1.82) is 0 Å². The van der Waals surface area contributed by atoms with Crippen LogP contribution in [-0.2, 0) is 0 Å². The van der Waals surface area contributed by atoms with Gasteiger partial charge in [0, 0.05) is 18.4 Å². The van der Waals surface area contributed by atoms with Crippen LogP contribution in [0, 0.1) is 0 Å². The summed E-state index contributed by atoms with van der Waals surface area (Å²) in [6.07, 6.45) is 4.71. The monoisotopic (exact) mass is 229 g/mol. The van der Waals surface area contributed by atoms with E-state index in [-0.39, 0.29) is 6.04 Å². The van der Waals surface area contributed by atoms with Crippen LogP contribution in [-0.4, -0.2) is 9.97 Å². The molecule has 2 N–H and O–H groups in total. The SMILES string of the molecule is CCC(NC(C)c1ncc[nH]1)c1ccccc1. The maximum atomic E-state index is 4.28. The molecule has 1 aromatic carbocycles. The third-order valence-electron chi connectivity index (χ3n) is 2.99. The summed E-state index contributed by atoms with van der Waals surface area (Å²) in [4.78, 5) is 7.42. The van der Waals surface area contributed by atoms with Gasteiger partial charge in [0.2, 0.25) is 0 Å². The van der Waals surface area contributed by atoms with E-state index in [0.29, 0.717) is 6.04 Å². The molecule has 0 amide bonds. The molecule has 0 bridgehead atoms. The van der Waals surface area contributed by atoms with E-state index in [1.165, 1.54) is 5.56 Å². The normalized spacial score (nSPS) is 14.5. The van der Waals surface area contributed by atoms with E-state index < -0.39 is 0 Å². The standard InChI is InChI=1S/C14H19N3/c1-3-13(12-7-5-4-6-8-12)17-11(2)14-15-9-10-16-14/h4-11,13,17H,3H2,1-2H3,(H,15,16). The van der Waals surface area contributed by atoms with Crippen LogP contribution in [0.5, 0.6) is 0 Å². The number of nitrogens with one attached hydrogen (secondary N) is 2. The van der Waals surface area contributed by atoms with Crippen molar-refractivity contribution < 1.29 is 0 Å². The summed E-state index contributed by atoms with van der Waals surface area (Å²) in [5.41, 5.74) is 1.33. The van der Waals surface area contributed by atoms with Crippen LogP contribution in [0.25, 0.3) is 0 Å². The Balaban J connectivity index is 2.06. The van der Waals surface area contributed by atoms with Gasteiger partial charge in [0.05, 0.1) is 6.04 Å². The molecule has 0 fully saturated rings. The number of aromatic amines is 1. The highest BCUT2D eigenvalue weighted by Gasteiger charge is 2.14. The number of H-pyrrole nitrogens is 1. The Bertz CT molecular complexity index is 422. The summed E-state index contributed by atoms with van der Waals surface area (Å²) in [5.74, 6) is 0.986. The molecular formula is C14H19N3. The summed E-state index contributed by atoms with van der Waals surface area (Å²) in [7, 11) is 0. The second-order valence-corrected chi connectivity index (χ2v) is 4.23. The summed E-state index contributed by atoms with van der Waals surface area (Å²) in [6, 6.07) is 11.1. The minimum atomic E-state index is 0.232. The zero-order valence-corrected chi connectivity index (χ0v) is 10.4. The van der Waals surface area contributed by atoms with Gasteiger partial charge in [-0.1, -0.05) is 37.3 Å². The van der Waals surface area contributed by atoms with E-state index in [4.69, 9.17) is 0 Å². The van der Waals surface area contributed by atoms with Gasteiger partial charge in [0.25, 0.3) is 0 Å². The summed E-state index contributed by atoms with van der Waals surface area (Å²) < 4.78 is 0. The molecule has 3 heteroatoms. The van der Waals surface area contributed by atoms with Gasteiger partial charge in [-0.3, -0.25) is 0 Å². The first kappa shape index (κ1) is 11.9. The number of aromatic nitrogens is 2. The minimum absolute atomic E-state index is 0.232. The molecule has 2 rings (SSSR count). The van der Waals surface area contributed by atoms with Crippen LogP contribution < -0.4 is 5.32 Å². The third kappa shape index (κ3) is 2.94. The van der Waals surface area contributed by atoms with Gasteiger partial charge in [0.1, 0.15) is 5.82 Å². The Labute approximate surface area is 102 Å². The highest BCUT2D eigenvalue weighted by molar-refractivity contribution is 5.19. The van der Waals surface area contributed by atoms with Crippen molar-refractivity contribution in [2.45, 2.75) is 32.4 Å². The number of rotatable bonds is 5. The zero-order chi connectivity index (χ0) is 12.1. The predicted octanol–water partition coefficient (Wildman–Crippen LogP) is 3.21. The molecule has 0 aliphatic rings.